The average molecular weight is 1200 g/mol. The zero-order chi connectivity index (χ0) is 59.3. The molecule has 0 bridgehead atoms. The van der Waals surface area contributed by atoms with E-state index >= 15 is 0 Å². The monoisotopic (exact) mass is 1200 g/mol. The number of hydrogen-bond acceptors (Lipinski definition) is 24. The van der Waals surface area contributed by atoms with Crippen molar-refractivity contribution < 1.29 is 120 Å². The zero-order valence-corrected chi connectivity index (χ0v) is 51.5. The number of cyclic esters (lactones) is 1. The number of carbonyl (C=O) groups is 2. The number of aliphatic hydroxyl groups is 8. The zero-order valence-electron chi connectivity index (χ0n) is 48.7. The molecule has 27 unspecified atom stereocenters. The van der Waals surface area contributed by atoms with Gasteiger partial charge in [-0.15, -0.1) is 0 Å². The molecule has 1 radical (unpaired) electrons. The summed E-state index contributed by atoms with van der Waals surface area (Å²) in [5.41, 5.74) is -1.05. The molecule has 25 nitrogen and oxygen atoms in total. The number of aliphatic hydroxyl groups excluding tert-OH is 8. The summed E-state index contributed by atoms with van der Waals surface area (Å²) in [6.07, 6.45) is -21.4. The Morgan fingerprint density at radius 3 is 2.06 bits per heavy atom. The molecular weight excluding hydrogens is 1120 g/mol. The fraction of sp³-hybridized carbons (Fsp3) is 0.891. The number of allylic oxidation sites excluding steroid dienone is 4. The molecule has 82 heavy (non-hydrogen) atoms. The van der Waals surface area contributed by atoms with Gasteiger partial charge < -0.3 is 93.0 Å². The molecule has 5 aliphatic heterocycles. The predicted molar refractivity (Wildman–Crippen MR) is 281 cm³/mol. The Morgan fingerprint density at radius 1 is 0.768 bits per heavy atom. The van der Waals surface area contributed by atoms with Crippen LogP contribution in [0.15, 0.2) is 23.3 Å². The maximum Gasteiger partial charge on any atom is 0.397 e. The molecule has 27 atom stereocenters. The fourth-order valence-electron chi connectivity index (χ4n) is 16.3. The fourth-order valence-corrected chi connectivity index (χ4v) is 16.8. The van der Waals surface area contributed by atoms with E-state index in [1.54, 1.807) is 0 Å². The van der Waals surface area contributed by atoms with E-state index in [9.17, 15) is 63.4 Å². The second kappa shape index (κ2) is 24.9. The number of ether oxygens (including phenoxy) is 11. The SMILES string of the molecule is COC1C(O)COC(OC2C(O)C(CO)OC(OC3C(C)OC(OC4C(OC5CCC6(C)C7CCC89C(=O)OC(C)(CCC=C(C)C)C8C(OC(C)=O)CC9(C)C7=CCC6C5(C)C)OCC(OS(=O)(=O)O)C4O)C(O)C3O)C2O)C1O.[Na]. The number of methoxy groups -OCH3 is 1. The van der Waals surface area contributed by atoms with E-state index in [2.05, 4.69) is 39.8 Å². The van der Waals surface area contributed by atoms with Crippen molar-refractivity contribution in [3.8, 4) is 0 Å². The van der Waals surface area contributed by atoms with Crippen molar-refractivity contribution >= 4 is 51.9 Å². The Balaban J connectivity index is 0.00000880. The van der Waals surface area contributed by atoms with E-state index in [0.717, 1.165) is 5.57 Å². The van der Waals surface area contributed by atoms with Gasteiger partial charge in [-0.2, -0.15) is 8.42 Å². The van der Waals surface area contributed by atoms with Gasteiger partial charge in [-0.05, 0) is 102 Å². The first-order valence-corrected chi connectivity index (χ1v) is 29.7. The molecule has 9 N–H and O–H groups in total. The van der Waals surface area contributed by atoms with Gasteiger partial charge in [0.15, 0.2) is 25.2 Å². The maximum absolute atomic E-state index is 14.7. The van der Waals surface area contributed by atoms with Gasteiger partial charge in [0.25, 0.3) is 0 Å². The van der Waals surface area contributed by atoms with Crippen LogP contribution >= 0.6 is 0 Å². The van der Waals surface area contributed by atoms with Crippen LogP contribution in [0.2, 0.25) is 0 Å². The predicted octanol–water partition coefficient (Wildman–Crippen LogP) is 0.239. The minimum atomic E-state index is -5.17. The van der Waals surface area contributed by atoms with Crippen molar-refractivity contribution in [3.63, 3.8) is 0 Å². The quantitative estimate of drug-likeness (QED) is 0.0432. The standard InChI is InChI=1S/C55H86O25S.Na/c1-24(2)12-11-17-54(9)45-30(73-26(4)57)20-53(8)28-13-14-33-51(5,6)34(16-18-52(33,7)27(28)15-19-55(45,53)50(65)79-54)75-49-44(36(60)32(23-71-49)80-81(66,67)68)78-47-38(62)37(61)41(25(3)72-47)76-48-40(64)43(35(59)31(21-56)74-48)77-46-39(63)42(69-10)29(58)22-70-46;/h12-13,25,27,29-49,56,58-64H,11,14-23H2,1-10H3,(H,66,67,68);. The van der Waals surface area contributed by atoms with E-state index in [4.69, 9.17) is 56.3 Å². The van der Waals surface area contributed by atoms with Gasteiger partial charge in [0, 0.05) is 49.0 Å². The van der Waals surface area contributed by atoms with Crippen molar-refractivity contribution in [3.05, 3.63) is 23.3 Å². The van der Waals surface area contributed by atoms with Crippen LogP contribution in [0.25, 0.3) is 0 Å². The van der Waals surface area contributed by atoms with Gasteiger partial charge in [0.05, 0.1) is 43.4 Å². The smallest absolute Gasteiger partial charge is 0.397 e. The number of fused-ring (bicyclic) bond motifs is 4. The van der Waals surface area contributed by atoms with Crippen LogP contribution in [0.5, 0.6) is 0 Å². The Hall–Kier alpha value is -1.39. The second-order valence-corrected chi connectivity index (χ2v) is 26.6. The normalized spacial score (nSPS) is 48.9. The van der Waals surface area contributed by atoms with Gasteiger partial charge in [-0.1, -0.05) is 51.0 Å². The summed E-state index contributed by atoms with van der Waals surface area (Å²) in [4.78, 5) is 27.4. The summed E-state index contributed by atoms with van der Waals surface area (Å²) in [7, 11) is -3.92. The molecule has 1 spiro atoms. The Kier molecular flexibility index (Phi) is 20.2. The first kappa shape index (κ1) is 66.6. The topological polar surface area (TPSA) is 361 Å². The first-order chi connectivity index (χ1) is 37.9. The summed E-state index contributed by atoms with van der Waals surface area (Å²) in [6.45, 7) is 15.7. The third-order valence-corrected chi connectivity index (χ3v) is 20.6. The molecule has 5 heterocycles. The van der Waals surface area contributed by atoms with Gasteiger partial charge in [0.1, 0.15) is 91.1 Å². The molecule has 0 amide bonds. The average Bonchev–Trinajstić information content (AvgIpc) is 3.96. The summed E-state index contributed by atoms with van der Waals surface area (Å²) < 4.78 is 104. The Labute approximate surface area is 500 Å². The van der Waals surface area contributed by atoms with Gasteiger partial charge >= 0.3 is 22.3 Å². The van der Waals surface area contributed by atoms with Crippen LogP contribution < -0.4 is 0 Å². The minimum Gasteiger partial charge on any atom is -0.462 e. The number of esters is 2. The number of rotatable bonds is 16. The summed E-state index contributed by atoms with van der Waals surface area (Å²) in [5.74, 6) is -0.977. The molecular formula is C55H86NaO25S. The van der Waals surface area contributed by atoms with E-state index < -0.39 is 174 Å². The first-order valence-electron chi connectivity index (χ1n) is 28.3. The summed E-state index contributed by atoms with van der Waals surface area (Å²) >= 11 is 0. The molecule has 463 valence electrons. The molecule has 0 aromatic rings. The Bertz CT molecular complexity index is 2460. The summed E-state index contributed by atoms with van der Waals surface area (Å²) in [5, 5.41) is 88.8. The minimum absolute atomic E-state index is 0. The van der Waals surface area contributed by atoms with Crippen molar-refractivity contribution in [1.82, 2.24) is 0 Å². The van der Waals surface area contributed by atoms with Crippen molar-refractivity contribution in [2.24, 2.45) is 39.4 Å². The van der Waals surface area contributed by atoms with Crippen molar-refractivity contribution in [2.75, 3.05) is 26.9 Å². The van der Waals surface area contributed by atoms with Crippen molar-refractivity contribution in [1.29, 1.82) is 0 Å². The van der Waals surface area contributed by atoms with Crippen LogP contribution in [-0.4, -0.2) is 251 Å². The van der Waals surface area contributed by atoms with Crippen LogP contribution in [-0.2, 0) is 76.3 Å². The van der Waals surface area contributed by atoms with Gasteiger partial charge in [-0.25, -0.2) is 4.18 Å². The Morgan fingerprint density at radius 2 is 1.41 bits per heavy atom. The molecule has 5 saturated heterocycles. The molecule has 3 saturated carbocycles. The third kappa shape index (κ3) is 11.8. The van der Waals surface area contributed by atoms with E-state index in [1.165, 1.54) is 26.5 Å². The molecule has 0 aromatic heterocycles. The molecule has 0 aromatic carbocycles. The molecule has 4 aliphatic carbocycles. The van der Waals surface area contributed by atoms with E-state index in [-0.39, 0.29) is 65.3 Å². The maximum atomic E-state index is 14.7. The second-order valence-electron chi connectivity index (χ2n) is 25.6. The number of carbonyl (C=O) groups excluding carboxylic acids is 2. The van der Waals surface area contributed by atoms with Crippen LogP contribution in [0, 0.1) is 39.4 Å². The van der Waals surface area contributed by atoms with Crippen LogP contribution in [0.3, 0.4) is 0 Å². The van der Waals surface area contributed by atoms with Crippen LogP contribution in [0.4, 0.5) is 0 Å². The third-order valence-electron chi connectivity index (χ3n) is 20.2. The van der Waals surface area contributed by atoms with Crippen molar-refractivity contribution in [2.45, 2.75) is 242 Å². The molecule has 9 rings (SSSR count). The molecule has 8 fully saturated rings. The van der Waals surface area contributed by atoms with Crippen LogP contribution in [0.1, 0.15) is 114 Å². The van der Waals surface area contributed by atoms with Gasteiger partial charge in [-0.3, -0.25) is 14.1 Å². The number of hydrogen-bond donors (Lipinski definition) is 9. The molecule has 9 aliphatic rings. The van der Waals surface area contributed by atoms with E-state index in [0.29, 0.717) is 51.4 Å². The largest absolute Gasteiger partial charge is 0.462 e. The summed E-state index contributed by atoms with van der Waals surface area (Å²) in [6, 6.07) is 0. The van der Waals surface area contributed by atoms with E-state index in [1.807, 2.05) is 20.8 Å². The molecule has 27 heteroatoms. The van der Waals surface area contributed by atoms with Gasteiger partial charge in [0.2, 0.25) is 0 Å².